The highest BCUT2D eigenvalue weighted by atomic mass is 35.5. The zero-order chi connectivity index (χ0) is 18.2. The summed E-state index contributed by atoms with van der Waals surface area (Å²) in [5.74, 6) is -0.822. The highest BCUT2D eigenvalue weighted by molar-refractivity contribution is 6.33. The molecule has 1 N–H and O–H groups in total. The van der Waals surface area contributed by atoms with Gasteiger partial charge in [-0.25, -0.2) is 5.01 Å². The Balaban J connectivity index is 1.88. The van der Waals surface area contributed by atoms with Gasteiger partial charge in [0, 0.05) is 5.02 Å². The third-order valence-electron chi connectivity index (χ3n) is 4.05. The van der Waals surface area contributed by atoms with E-state index in [1.165, 1.54) is 10.6 Å². The summed E-state index contributed by atoms with van der Waals surface area (Å²) in [4.78, 5) is 24.8. The number of carbonyl (C=O) groups is 2. The van der Waals surface area contributed by atoms with E-state index in [1.54, 1.807) is 30.3 Å². The first-order valence-electron chi connectivity index (χ1n) is 7.99. The summed E-state index contributed by atoms with van der Waals surface area (Å²) in [6.07, 6.45) is 1.61. The van der Waals surface area contributed by atoms with Crippen LogP contribution in [0, 0.1) is 0 Å². The standard InChI is InChI=1S/C20H19ClN2O2/c1-20(2,3)14-9-7-13(8-10-14)11-17-18(24)22-23(19(17)25)16-6-4-5-15(21)12-16/h4-12H,1-3H3,(H,22,24). The van der Waals surface area contributed by atoms with E-state index in [2.05, 4.69) is 26.2 Å². The lowest BCUT2D eigenvalue weighted by molar-refractivity contribution is -0.117. The van der Waals surface area contributed by atoms with Gasteiger partial charge < -0.3 is 0 Å². The van der Waals surface area contributed by atoms with E-state index in [9.17, 15) is 9.59 Å². The van der Waals surface area contributed by atoms with Crippen molar-refractivity contribution in [3.8, 4) is 0 Å². The van der Waals surface area contributed by atoms with E-state index in [-0.39, 0.29) is 11.0 Å². The molecule has 4 nitrogen and oxygen atoms in total. The summed E-state index contributed by atoms with van der Waals surface area (Å²) in [6, 6.07) is 14.6. The lowest BCUT2D eigenvalue weighted by atomic mass is 9.86. The topological polar surface area (TPSA) is 49.4 Å². The average molecular weight is 355 g/mol. The van der Waals surface area contributed by atoms with Crippen LogP contribution in [0.15, 0.2) is 54.1 Å². The molecule has 2 amide bonds. The van der Waals surface area contributed by atoms with E-state index in [0.29, 0.717) is 10.7 Å². The van der Waals surface area contributed by atoms with Crippen molar-refractivity contribution in [2.45, 2.75) is 26.2 Å². The van der Waals surface area contributed by atoms with Gasteiger partial charge >= 0.3 is 0 Å². The van der Waals surface area contributed by atoms with Crippen molar-refractivity contribution >= 4 is 35.2 Å². The van der Waals surface area contributed by atoms with Crippen molar-refractivity contribution in [2.24, 2.45) is 0 Å². The minimum absolute atomic E-state index is 0.0512. The largest absolute Gasteiger partial charge is 0.282 e. The molecule has 0 radical (unpaired) electrons. The van der Waals surface area contributed by atoms with Crippen molar-refractivity contribution < 1.29 is 9.59 Å². The summed E-state index contributed by atoms with van der Waals surface area (Å²) in [6.45, 7) is 6.41. The number of hydrogen-bond acceptors (Lipinski definition) is 2. The monoisotopic (exact) mass is 354 g/mol. The second-order valence-electron chi connectivity index (χ2n) is 6.99. The number of carbonyl (C=O) groups excluding carboxylic acids is 2. The number of benzene rings is 2. The summed E-state index contributed by atoms with van der Waals surface area (Å²) in [5, 5.41) is 1.71. The molecule has 2 aromatic rings. The molecule has 1 heterocycles. The quantitative estimate of drug-likeness (QED) is 0.652. The van der Waals surface area contributed by atoms with E-state index >= 15 is 0 Å². The zero-order valence-electron chi connectivity index (χ0n) is 14.3. The number of nitrogens with one attached hydrogen (secondary N) is 1. The summed E-state index contributed by atoms with van der Waals surface area (Å²) >= 11 is 5.96. The maximum absolute atomic E-state index is 12.6. The molecule has 0 unspecified atom stereocenters. The molecule has 1 aliphatic heterocycles. The molecule has 2 aromatic carbocycles. The minimum atomic E-state index is -0.426. The van der Waals surface area contributed by atoms with E-state index in [1.807, 2.05) is 24.3 Å². The average Bonchev–Trinajstić information content (AvgIpc) is 2.83. The van der Waals surface area contributed by atoms with Crippen LogP contribution in [0.1, 0.15) is 31.9 Å². The van der Waals surface area contributed by atoms with Crippen LogP contribution in [0.2, 0.25) is 5.02 Å². The first kappa shape index (κ1) is 17.2. The van der Waals surface area contributed by atoms with Crippen LogP contribution in [-0.2, 0) is 15.0 Å². The SMILES string of the molecule is CC(C)(C)c1ccc(C=C2C(=O)NN(c3cccc(Cl)c3)C2=O)cc1. The molecule has 128 valence electrons. The number of hydrogen-bond donors (Lipinski definition) is 1. The number of rotatable bonds is 2. The van der Waals surface area contributed by atoms with Gasteiger partial charge in [0.1, 0.15) is 5.57 Å². The van der Waals surface area contributed by atoms with Gasteiger partial charge in [0.2, 0.25) is 0 Å². The number of hydrazine groups is 1. The van der Waals surface area contributed by atoms with Gasteiger partial charge in [0.15, 0.2) is 0 Å². The molecule has 5 heteroatoms. The highest BCUT2D eigenvalue weighted by Gasteiger charge is 2.34. The Morgan fingerprint density at radius 1 is 1.04 bits per heavy atom. The molecule has 1 saturated heterocycles. The summed E-state index contributed by atoms with van der Waals surface area (Å²) < 4.78 is 0. The van der Waals surface area contributed by atoms with E-state index in [4.69, 9.17) is 11.6 Å². The first-order valence-corrected chi connectivity index (χ1v) is 8.37. The first-order chi connectivity index (χ1) is 11.8. The third kappa shape index (κ3) is 3.59. The van der Waals surface area contributed by atoms with Crippen LogP contribution in [0.5, 0.6) is 0 Å². The van der Waals surface area contributed by atoms with Gasteiger partial charge in [-0.3, -0.25) is 15.0 Å². The van der Waals surface area contributed by atoms with Crippen LogP contribution >= 0.6 is 11.6 Å². The van der Waals surface area contributed by atoms with Gasteiger partial charge in [-0.2, -0.15) is 0 Å². The molecule has 0 bridgehead atoms. The van der Waals surface area contributed by atoms with Crippen LogP contribution < -0.4 is 10.4 Å². The molecule has 25 heavy (non-hydrogen) atoms. The third-order valence-corrected chi connectivity index (χ3v) is 4.28. The summed E-state index contributed by atoms with van der Waals surface area (Å²) in [7, 11) is 0. The number of anilines is 1. The minimum Gasteiger partial charge on any atom is -0.267 e. The van der Waals surface area contributed by atoms with Gasteiger partial charge in [-0.05, 0) is 40.8 Å². The summed E-state index contributed by atoms with van der Waals surface area (Å²) in [5.41, 5.74) is 5.25. The van der Waals surface area contributed by atoms with Crippen molar-refractivity contribution in [3.05, 3.63) is 70.3 Å². The molecule has 0 aliphatic carbocycles. The molecule has 1 fully saturated rings. The molecular formula is C20H19ClN2O2. The molecule has 0 saturated carbocycles. The highest BCUT2D eigenvalue weighted by Crippen LogP contribution is 2.25. The van der Waals surface area contributed by atoms with E-state index < -0.39 is 11.8 Å². The van der Waals surface area contributed by atoms with Crippen molar-refractivity contribution in [2.75, 3.05) is 5.01 Å². The Morgan fingerprint density at radius 3 is 2.32 bits per heavy atom. The predicted octanol–water partition coefficient (Wildman–Crippen LogP) is 4.10. The van der Waals surface area contributed by atoms with Crippen LogP contribution in [-0.4, -0.2) is 11.8 Å². The van der Waals surface area contributed by atoms with Gasteiger partial charge in [-0.15, -0.1) is 0 Å². The Morgan fingerprint density at radius 2 is 1.72 bits per heavy atom. The maximum Gasteiger partial charge on any atom is 0.282 e. The maximum atomic E-state index is 12.6. The van der Waals surface area contributed by atoms with Crippen LogP contribution in [0.4, 0.5) is 5.69 Å². The number of halogens is 1. The van der Waals surface area contributed by atoms with Crippen molar-refractivity contribution in [1.29, 1.82) is 0 Å². The number of amides is 2. The normalized spacial score (nSPS) is 16.5. The fourth-order valence-corrected chi connectivity index (χ4v) is 2.78. The lowest BCUT2D eigenvalue weighted by Gasteiger charge is -2.18. The van der Waals surface area contributed by atoms with Gasteiger partial charge in [-0.1, -0.05) is 62.7 Å². The fourth-order valence-electron chi connectivity index (χ4n) is 2.60. The Hall–Kier alpha value is -2.59. The second kappa shape index (κ2) is 6.37. The second-order valence-corrected chi connectivity index (χ2v) is 7.43. The zero-order valence-corrected chi connectivity index (χ0v) is 15.1. The lowest BCUT2D eigenvalue weighted by Crippen LogP contribution is -2.35. The number of nitrogens with zero attached hydrogens (tertiary/aromatic N) is 1. The molecule has 0 spiro atoms. The fraction of sp³-hybridized carbons (Fsp3) is 0.200. The van der Waals surface area contributed by atoms with Crippen LogP contribution in [0.3, 0.4) is 0 Å². The van der Waals surface area contributed by atoms with Gasteiger partial charge in [0.25, 0.3) is 11.8 Å². The predicted molar refractivity (Wildman–Crippen MR) is 100 cm³/mol. The van der Waals surface area contributed by atoms with Crippen molar-refractivity contribution in [3.63, 3.8) is 0 Å². The molecular weight excluding hydrogens is 336 g/mol. The smallest absolute Gasteiger partial charge is 0.267 e. The van der Waals surface area contributed by atoms with E-state index in [0.717, 1.165) is 5.56 Å². The van der Waals surface area contributed by atoms with Crippen molar-refractivity contribution in [1.82, 2.24) is 5.43 Å². The molecule has 1 aliphatic rings. The Labute approximate surface area is 152 Å². The van der Waals surface area contributed by atoms with Crippen LogP contribution in [0.25, 0.3) is 6.08 Å². The Bertz CT molecular complexity index is 864. The Kier molecular flexibility index (Phi) is 4.39. The van der Waals surface area contributed by atoms with Gasteiger partial charge in [0.05, 0.1) is 5.69 Å². The molecule has 0 aromatic heterocycles. The molecule has 0 atom stereocenters. The molecule has 3 rings (SSSR count).